The SMILES string of the molecule is CCCCCC/C=C/C(C)CC(=O)N(C)C. The zero-order valence-electron chi connectivity index (χ0n) is 11.3. The fourth-order valence-corrected chi connectivity index (χ4v) is 1.54. The van der Waals surface area contributed by atoms with Crippen molar-refractivity contribution in [2.45, 2.75) is 52.4 Å². The maximum absolute atomic E-state index is 11.4. The molecule has 16 heavy (non-hydrogen) atoms. The molecular formula is C14H27NO. The molecule has 0 aromatic carbocycles. The normalized spacial score (nSPS) is 13.0. The van der Waals surface area contributed by atoms with Gasteiger partial charge in [-0.05, 0) is 18.8 Å². The highest BCUT2D eigenvalue weighted by atomic mass is 16.2. The minimum Gasteiger partial charge on any atom is -0.349 e. The van der Waals surface area contributed by atoms with Gasteiger partial charge in [0.2, 0.25) is 5.91 Å². The molecule has 0 saturated heterocycles. The van der Waals surface area contributed by atoms with Gasteiger partial charge in [0.15, 0.2) is 0 Å². The van der Waals surface area contributed by atoms with E-state index in [0.29, 0.717) is 12.3 Å². The van der Waals surface area contributed by atoms with Crippen molar-refractivity contribution in [2.24, 2.45) is 5.92 Å². The molecule has 0 aliphatic heterocycles. The van der Waals surface area contributed by atoms with Crippen LogP contribution in [0.15, 0.2) is 12.2 Å². The molecule has 0 aliphatic carbocycles. The van der Waals surface area contributed by atoms with Gasteiger partial charge in [0.05, 0.1) is 0 Å². The Morgan fingerprint density at radius 2 is 1.94 bits per heavy atom. The van der Waals surface area contributed by atoms with Crippen LogP contribution < -0.4 is 0 Å². The van der Waals surface area contributed by atoms with Crippen LogP contribution >= 0.6 is 0 Å². The lowest BCUT2D eigenvalue weighted by atomic mass is 10.1. The van der Waals surface area contributed by atoms with Gasteiger partial charge >= 0.3 is 0 Å². The zero-order chi connectivity index (χ0) is 12.4. The molecular weight excluding hydrogens is 198 g/mol. The summed E-state index contributed by atoms with van der Waals surface area (Å²) in [7, 11) is 3.62. The van der Waals surface area contributed by atoms with Gasteiger partial charge < -0.3 is 4.90 Å². The number of rotatable bonds is 8. The van der Waals surface area contributed by atoms with Crippen LogP contribution in [0.3, 0.4) is 0 Å². The second-order valence-electron chi connectivity index (χ2n) is 4.75. The van der Waals surface area contributed by atoms with E-state index < -0.39 is 0 Å². The van der Waals surface area contributed by atoms with Gasteiger partial charge in [-0.2, -0.15) is 0 Å². The first kappa shape index (κ1) is 15.2. The first-order valence-corrected chi connectivity index (χ1v) is 6.44. The van der Waals surface area contributed by atoms with Gasteiger partial charge in [0.25, 0.3) is 0 Å². The van der Waals surface area contributed by atoms with E-state index in [-0.39, 0.29) is 5.91 Å². The molecule has 0 aromatic heterocycles. The molecule has 1 amide bonds. The maximum atomic E-state index is 11.4. The van der Waals surface area contributed by atoms with Crippen LogP contribution in [0.1, 0.15) is 52.4 Å². The Labute approximate surface area is 101 Å². The van der Waals surface area contributed by atoms with Gasteiger partial charge in [-0.3, -0.25) is 4.79 Å². The van der Waals surface area contributed by atoms with Crippen LogP contribution in [-0.2, 0) is 4.79 Å². The minimum atomic E-state index is 0.211. The van der Waals surface area contributed by atoms with Crippen LogP contribution in [0.25, 0.3) is 0 Å². The summed E-state index contributed by atoms with van der Waals surface area (Å²) in [6.07, 6.45) is 11.4. The Kier molecular flexibility index (Phi) is 8.97. The lowest BCUT2D eigenvalue weighted by Crippen LogP contribution is -2.22. The molecule has 0 radical (unpaired) electrons. The first-order chi connectivity index (χ1) is 7.57. The summed E-state index contributed by atoms with van der Waals surface area (Å²) >= 11 is 0. The molecule has 0 saturated carbocycles. The number of unbranched alkanes of at least 4 members (excludes halogenated alkanes) is 4. The molecule has 94 valence electrons. The summed E-state index contributed by atoms with van der Waals surface area (Å²) in [6, 6.07) is 0. The van der Waals surface area contributed by atoms with Crippen molar-refractivity contribution in [3.63, 3.8) is 0 Å². The third-order valence-electron chi connectivity index (χ3n) is 2.68. The molecule has 0 heterocycles. The third kappa shape index (κ3) is 8.51. The number of carbonyl (C=O) groups excluding carboxylic acids is 1. The van der Waals surface area contributed by atoms with Crippen molar-refractivity contribution in [3.05, 3.63) is 12.2 Å². The Balaban J connectivity index is 3.58. The predicted octanol–water partition coefficient (Wildman–Crippen LogP) is 3.63. The van der Waals surface area contributed by atoms with Crippen molar-refractivity contribution in [1.82, 2.24) is 4.90 Å². The van der Waals surface area contributed by atoms with Crippen LogP contribution in [0, 0.1) is 5.92 Å². The smallest absolute Gasteiger partial charge is 0.222 e. The molecule has 2 nitrogen and oxygen atoms in total. The van der Waals surface area contributed by atoms with Gasteiger partial charge in [-0.15, -0.1) is 0 Å². The molecule has 0 aliphatic rings. The summed E-state index contributed by atoms with van der Waals surface area (Å²) in [5.74, 6) is 0.573. The Morgan fingerprint density at radius 1 is 1.25 bits per heavy atom. The van der Waals surface area contributed by atoms with E-state index in [4.69, 9.17) is 0 Å². The summed E-state index contributed by atoms with van der Waals surface area (Å²) in [5.41, 5.74) is 0. The topological polar surface area (TPSA) is 20.3 Å². The van der Waals surface area contributed by atoms with Crippen molar-refractivity contribution in [1.29, 1.82) is 0 Å². The molecule has 2 heteroatoms. The van der Waals surface area contributed by atoms with Crippen LogP contribution in [0.5, 0.6) is 0 Å². The summed E-state index contributed by atoms with van der Waals surface area (Å²) < 4.78 is 0. The minimum absolute atomic E-state index is 0.211. The maximum Gasteiger partial charge on any atom is 0.222 e. The standard InChI is InChI=1S/C14H27NO/c1-5-6-7-8-9-10-11-13(2)12-14(16)15(3)4/h10-11,13H,5-9,12H2,1-4H3/b11-10+. The Bertz CT molecular complexity index is 209. The number of nitrogens with zero attached hydrogens (tertiary/aromatic N) is 1. The average Bonchev–Trinajstić information content (AvgIpc) is 2.23. The average molecular weight is 225 g/mol. The quantitative estimate of drug-likeness (QED) is 0.456. The van der Waals surface area contributed by atoms with Crippen molar-refractivity contribution in [2.75, 3.05) is 14.1 Å². The van der Waals surface area contributed by atoms with E-state index in [2.05, 4.69) is 26.0 Å². The number of hydrogen-bond acceptors (Lipinski definition) is 1. The molecule has 0 aromatic rings. The molecule has 1 atom stereocenters. The molecule has 0 bridgehead atoms. The second kappa shape index (κ2) is 9.44. The lowest BCUT2D eigenvalue weighted by Gasteiger charge is -2.12. The van der Waals surface area contributed by atoms with Crippen LogP contribution in [-0.4, -0.2) is 24.9 Å². The first-order valence-electron chi connectivity index (χ1n) is 6.44. The fourth-order valence-electron chi connectivity index (χ4n) is 1.54. The number of allylic oxidation sites excluding steroid dienone is 2. The second-order valence-corrected chi connectivity index (χ2v) is 4.75. The summed E-state index contributed by atoms with van der Waals surface area (Å²) in [4.78, 5) is 13.1. The molecule has 0 rings (SSSR count). The van der Waals surface area contributed by atoms with Gasteiger partial charge in [0, 0.05) is 20.5 Å². The van der Waals surface area contributed by atoms with Crippen molar-refractivity contribution < 1.29 is 4.79 Å². The Morgan fingerprint density at radius 3 is 2.50 bits per heavy atom. The molecule has 0 N–H and O–H groups in total. The molecule has 0 fully saturated rings. The number of hydrogen-bond donors (Lipinski definition) is 0. The number of amides is 1. The predicted molar refractivity (Wildman–Crippen MR) is 70.4 cm³/mol. The van der Waals surface area contributed by atoms with Crippen LogP contribution in [0.4, 0.5) is 0 Å². The zero-order valence-corrected chi connectivity index (χ0v) is 11.3. The molecule has 0 spiro atoms. The Hall–Kier alpha value is -0.790. The number of carbonyl (C=O) groups is 1. The van der Waals surface area contributed by atoms with E-state index in [0.717, 1.165) is 6.42 Å². The van der Waals surface area contributed by atoms with Crippen molar-refractivity contribution >= 4 is 5.91 Å². The lowest BCUT2D eigenvalue weighted by molar-refractivity contribution is -0.129. The van der Waals surface area contributed by atoms with Gasteiger partial charge in [0.1, 0.15) is 0 Å². The van der Waals surface area contributed by atoms with E-state index in [1.807, 2.05) is 14.1 Å². The van der Waals surface area contributed by atoms with Crippen molar-refractivity contribution in [3.8, 4) is 0 Å². The summed E-state index contributed by atoms with van der Waals surface area (Å²) in [6.45, 7) is 4.33. The largest absolute Gasteiger partial charge is 0.349 e. The van der Waals surface area contributed by atoms with E-state index in [1.165, 1.54) is 25.7 Å². The highest BCUT2D eigenvalue weighted by molar-refractivity contribution is 5.75. The van der Waals surface area contributed by atoms with Gasteiger partial charge in [-0.1, -0.05) is 45.3 Å². The summed E-state index contributed by atoms with van der Waals surface area (Å²) in [5, 5.41) is 0. The van der Waals surface area contributed by atoms with E-state index in [1.54, 1.807) is 4.90 Å². The van der Waals surface area contributed by atoms with Crippen LogP contribution in [0.2, 0.25) is 0 Å². The third-order valence-corrected chi connectivity index (χ3v) is 2.68. The van der Waals surface area contributed by atoms with E-state index >= 15 is 0 Å². The fraction of sp³-hybridized carbons (Fsp3) is 0.786. The highest BCUT2D eigenvalue weighted by Gasteiger charge is 2.07. The molecule has 1 unspecified atom stereocenters. The van der Waals surface area contributed by atoms with E-state index in [9.17, 15) is 4.79 Å². The van der Waals surface area contributed by atoms with Gasteiger partial charge in [-0.25, -0.2) is 0 Å². The highest BCUT2D eigenvalue weighted by Crippen LogP contribution is 2.08. The monoisotopic (exact) mass is 225 g/mol.